The fraction of sp³-hybridized carbons (Fsp3) is 0.167. The lowest BCUT2D eigenvalue weighted by atomic mass is 10.1. The molecule has 6 heteroatoms. The molecule has 0 bridgehead atoms. The van der Waals surface area contributed by atoms with E-state index in [4.69, 9.17) is 32.7 Å². The average Bonchev–Trinajstić information content (AvgIpc) is 2.96. The van der Waals surface area contributed by atoms with Crippen molar-refractivity contribution < 1.29 is 14.6 Å². The molecule has 2 aromatic rings. The van der Waals surface area contributed by atoms with E-state index < -0.39 is 6.10 Å². The van der Waals surface area contributed by atoms with E-state index in [-0.39, 0.29) is 6.79 Å². The molecule has 0 aliphatic carbocycles. The molecule has 3 nitrogen and oxygen atoms in total. The van der Waals surface area contributed by atoms with E-state index in [2.05, 4.69) is 0 Å². The van der Waals surface area contributed by atoms with E-state index in [0.717, 1.165) is 0 Å². The summed E-state index contributed by atoms with van der Waals surface area (Å²) in [5.41, 5.74) is 0.633. The smallest absolute Gasteiger partial charge is 0.231 e. The zero-order chi connectivity index (χ0) is 12.7. The molecule has 94 valence electrons. The lowest BCUT2D eigenvalue weighted by Gasteiger charge is -2.11. The van der Waals surface area contributed by atoms with Gasteiger partial charge in [-0.2, -0.15) is 0 Å². The van der Waals surface area contributed by atoms with Crippen LogP contribution in [0.3, 0.4) is 0 Å². The van der Waals surface area contributed by atoms with Gasteiger partial charge < -0.3 is 14.6 Å². The van der Waals surface area contributed by atoms with E-state index in [1.807, 2.05) is 5.38 Å². The summed E-state index contributed by atoms with van der Waals surface area (Å²) >= 11 is 13.5. The van der Waals surface area contributed by atoms with Crippen molar-refractivity contribution in [1.29, 1.82) is 0 Å². The van der Waals surface area contributed by atoms with Gasteiger partial charge >= 0.3 is 0 Å². The van der Waals surface area contributed by atoms with Gasteiger partial charge in [0, 0.05) is 0 Å². The molecule has 0 fully saturated rings. The number of aliphatic hydroxyl groups excluding tert-OH is 1. The molecule has 2 heterocycles. The van der Waals surface area contributed by atoms with Gasteiger partial charge in [-0.15, -0.1) is 11.3 Å². The van der Waals surface area contributed by atoms with Crippen molar-refractivity contribution in [3.8, 4) is 11.5 Å². The number of hydrogen-bond donors (Lipinski definition) is 1. The molecule has 0 saturated heterocycles. The summed E-state index contributed by atoms with van der Waals surface area (Å²) < 4.78 is 10.5. The molecule has 1 aliphatic heterocycles. The molecule has 0 saturated carbocycles. The van der Waals surface area contributed by atoms with Crippen molar-refractivity contribution in [3.63, 3.8) is 0 Å². The molecule has 1 N–H and O–H groups in total. The summed E-state index contributed by atoms with van der Waals surface area (Å²) in [5, 5.41) is 13.1. The number of hydrogen-bond acceptors (Lipinski definition) is 4. The first-order valence-electron chi connectivity index (χ1n) is 5.17. The number of fused-ring (bicyclic) bond motifs is 1. The number of benzene rings is 1. The molecule has 1 unspecified atom stereocenters. The fourth-order valence-corrected chi connectivity index (χ4v) is 3.24. The van der Waals surface area contributed by atoms with Crippen LogP contribution in [0.2, 0.25) is 10.0 Å². The summed E-state index contributed by atoms with van der Waals surface area (Å²) in [6.07, 6.45) is -0.815. The number of rotatable bonds is 2. The minimum atomic E-state index is -0.815. The maximum atomic E-state index is 10.3. The largest absolute Gasteiger partial charge is 0.454 e. The number of ether oxygens (including phenoxy) is 2. The minimum Gasteiger partial charge on any atom is -0.454 e. The quantitative estimate of drug-likeness (QED) is 0.915. The van der Waals surface area contributed by atoms with Gasteiger partial charge in [0.15, 0.2) is 11.5 Å². The zero-order valence-electron chi connectivity index (χ0n) is 9.02. The van der Waals surface area contributed by atoms with Crippen LogP contribution in [0.15, 0.2) is 23.6 Å². The topological polar surface area (TPSA) is 38.7 Å². The Kier molecular flexibility index (Phi) is 3.11. The normalized spacial score (nSPS) is 14.8. The Balaban J connectivity index is 2.03. The Morgan fingerprint density at radius 1 is 1.22 bits per heavy atom. The number of thiophene rings is 1. The molecule has 1 aromatic carbocycles. The van der Waals surface area contributed by atoms with E-state index >= 15 is 0 Å². The third-order valence-corrected chi connectivity index (χ3v) is 4.35. The van der Waals surface area contributed by atoms with Crippen LogP contribution in [-0.4, -0.2) is 11.9 Å². The van der Waals surface area contributed by atoms with E-state index in [0.29, 0.717) is 32.0 Å². The van der Waals surface area contributed by atoms with Crippen molar-refractivity contribution in [1.82, 2.24) is 0 Å². The van der Waals surface area contributed by atoms with Crippen LogP contribution in [0.1, 0.15) is 16.5 Å². The summed E-state index contributed by atoms with van der Waals surface area (Å²) in [6, 6.07) is 5.13. The number of halogens is 2. The van der Waals surface area contributed by atoms with E-state index in [1.54, 1.807) is 18.2 Å². The van der Waals surface area contributed by atoms with Crippen LogP contribution in [-0.2, 0) is 0 Å². The molecule has 1 aromatic heterocycles. The van der Waals surface area contributed by atoms with Crippen LogP contribution >= 0.6 is 34.5 Å². The van der Waals surface area contributed by atoms with Gasteiger partial charge in [-0.05, 0) is 29.1 Å². The number of aliphatic hydroxyl groups is 1. The molecular weight excluding hydrogens is 295 g/mol. The molecule has 0 radical (unpaired) electrons. The molecule has 1 atom stereocenters. The lowest BCUT2D eigenvalue weighted by molar-refractivity contribution is 0.173. The second-order valence-corrected chi connectivity index (χ2v) is 5.53. The van der Waals surface area contributed by atoms with Crippen molar-refractivity contribution in [2.24, 2.45) is 0 Å². The monoisotopic (exact) mass is 302 g/mol. The summed E-state index contributed by atoms with van der Waals surface area (Å²) in [4.78, 5) is 0.687. The third-order valence-electron chi connectivity index (χ3n) is 2.66. The second-order valence-electron chi connectivity index (χ2n) is 3.77. The predicted octanol–water partition coefficient (Wildman–Crippen LogP) is 3.87. The van der Waals surface area contributed by atoms with Gasteiger partial charge in [0.2, 0.25) is 6.79 Å². The van der Waals surface area contributed by atoms with Gasteiger partial charge in [0.1, 0.15) is 6.10 Å². The predicted molar refractivity (Wildman–Crippen MR) is 71.0 cm³/mol. The Hall–Kier alpha value is -0.940. The van der Waals surface area contributed by atoms with Gasteiger partial charge in [0.05, 0.1) is 14.9 Å². The Bertz CT molecular complexity index is 597. The highest BCUT2D eigenvalue weighted by atomic mass is 35.5. The lowest BCUT2D eigenvalue weighted by Crippen LogP contribution is -1.98. The second kappa shape index (κ2) is 4.63. The average molecular weight is 303 g/mol. The molecule has 1 aliphatic rings. The maximum Gasteiger partial charge on any atom is 0.231 e. The van der Waals surface area contributed by atoms with Crippen molar-refractivity contribution >= 4 is 34.5 Å². The Labute approximate surface area is 117 Å². The highest BCUT2D eigenvalue weighted by molar-refractivity contribution is 7.10. The first-order valence-corrected chi connectivity index (χ1v) is 6.80. The molecule has 18 heavy (non-hydrogen) atoms. The minimum absolute atomic E-state index is 0.147. The standard InChI is InChI=1S/C12H8Cl2O3S/c13-7-1-2-18-12(7)10(15)6-3-8(14)11-9(4-6)16-5-17-11/h1-4,10,15H,5H2. The van der Waals surface area contributed by atoms with Gasteiger partial charge in [-0.25, -0.2) is 0 Å². The third kappa shape index (κ3) is 1.95. The first kappa shape index (κ1) is 12.1. The van der Waals surface area contributed by atoms with Crippen molar-refractivity contribution in [3.05, 3.63) is 44.1 Å². The van der Waals surface area contributed by atoms with Crippen LogP contribution in [0, 0.1) is 0 Å². The van der Waals surface area contributed by atoms with Gasteiger partial charge in [-0.3, -0.25) is 0 Å². The zero-order valence-corrected chi connectivity index (χ0v) is 11.4. The van der Waals surface area contributed by atoms with Crippen molar-refractivity contribution in [2.75, 3.05) is 6.79 Å². The Morgan fingerprint density at radius 3 is 2.78 bits per heavy atom. The highest BCUT2D eigenvalue weighted by Gasteiger charge is 2.23. The van der Waals surface area contributed by atoms with Crippen LogP contribution in [0.5, 0.6) is 11.5 Å². The van der Waals surface area contributed by atoms with Gasteiger partial charge in [0.25, 0.3) is 0 Å². The molecule has 0 amide bonds. The van der Waals surface area contributed by atoms with Crippen LogP contribution < -0.4 is 9.47 Å². The Morgan fingerprint density at radius 2 is 2.06 bits per heavy atom. The van der Waals surface area contributed by atoms with Crippen LogP contribution in [0.25, 0.3) is 0 Å². The molecule has 3 rings (SSSR count). The molecule has 0 spiro atoms. The summed E-state index contributed by atoms with van der Waals surface area (Å²) in [6.45, 7) is 0.147. The van der Waals surface area contributed by atoms with Crippen molar-refractivity contribution in [2.45, 2.75) is 6.10 Å². The first-order chi connectivity index (χ1) is 8.66. The summed E-state index contributed by atoms with van der Waals surface area (Å²) in [7, 11) is 0. The fourth-order valence-electron chi connectivity index (χ4n) is 1.80. The maximum absolute atomic E-state index is 10.3. The van der Waals surface area contributed by atoms with Crippen LogP contribution in [0.4, 0.5) is 0 Å². The SMILES string of the molecule is OC(c1cc(Cl)c2c(c1)OCO2)c1sccc1Cl. The summed E-state index contributed by atoms with van der Waals surface area (Å²) in [5.74, 6) is 1.06. The molecular formula is C12H8Cl2O3S. The van der Waals surface area contributed by atoms with E-state index in [1.165, 1.54) is 11.3 Å². The van der Waals surface area contributed by atoms with E-state index in [9.17, 15) is 5.11 Å². The highest BCUT2D eigenvalue weighted by Crippen LogP contribution is 2.43. The van der Waals surface area contributed by atoms with Gasteiger partial charge in [-0.1, -0.05) is 23.2 Å².